The first-order chi connectivity index (χ1) is 8.12. The van der Waals surface area contributed by atoms with E-state index in [1.54, 1.807) is 0 Å². The van der Waals surface area contributed by atoms with Crippen LogP contribution in [0.1, 0.15) is 54.4 Å². The van der Waals surface area contributed by atoms with Crippen molar-refractivity contribution in [3.63, 3.8) is 0 Å². The number of benzene rings is 1. The molecule has 1 fully saturated rings. The normalized spacial score (nSPS) is 21.8. The van der Waals surface area contributed by atoms with Crippen molar-refractivity contribution in [2.75, 3.05) is 0 Å². The van der Waals surface area contributed by atoms with Gasteiger partial charge in [0.2, 0.25) is 0 Å². The molecular weight excluding hydrogens is 210 g/mol. The third-order valence-corrected chi connectivity index (χ3v) is 4.65. The van der Waals surface area contributed by atoms with Crippen LogP contribution >= 0.6 is 0 Å². The van der Waals surface area contributed by atoms with Crippen molar-refractivity contribution in [3.05, 3.63) is 28.3 Å². The number of hydrogen-bond donors (Lipinski definition) is 2. The summed E-state index contributed by atoms with van der Waals surface area (Å²) in [6, 6.07) is 1.98. The van der Waals surface area contributed by atoms with E-state index in [1.165, 1.54) is 36.0 Å². The van der Waals surface area contributed by atoms with Crippen LogP contribution in [0, 0.1) is 6.92 Å². The number of fused-ring (bicyclic) bond motifs is 1. The third kappa shape index (κ3) is 1.58. The highest BCUT2D eigenvalue weighted by Gasteiger charge is 2.38. The van der Waals surface area contributed by atoms with Crippen LogP contribution in [-0.2, 0) is 18.4 Å². The van der Waals surface area contributed by atoms with E-state index in [2.05, 4.69) is 6.92 Å². The molecule has 0 radical (unpaired) electrons. The first-order valence-electron chi connectivity index (χ1n) is 6.75. The number of phenols is 1. The molecule has 0 heterocycles. The molecule has 1 aromatic carbocycles. The summed E-state index contributed by atoms with van der Waals surface area (Å²) >= 11 is 0. The molecule has 0 bridgehead atoms. The van der Waals surface area contributed by atoms with Gasteiger partial charge in [0.15, 0.2) is 0 Å². The summed E-state index contributed by atoms with van der Waals surface area (Å²) in [6.07, 6.45) is 8.01. The zero-order valence-electron chi connectivity index (χ0n) is 10.6. The fourth-order valence-electron chi connectivity index (χ4n) is 3.53. The lowest BCUT2D eigenvalue weighted by Gasteiger charge is -2.41. The molecule has 2 heteroatoms. The van der Waals surface area contributed by atoms with Gasteiger partial charge in [-0.3, -0.25) is 0 Å². The molecule has 2 nitrogen and oxygen atoms in total. The Bertz CT molecular complexity index is 460. The van der Waals surface area contributed by atoms with Gasteiger partial charge in [-0.1, -0.05) is 0 Å². The van der Waals surface area contributed by atoms with Crippen molar-refractivity contribution >= 4 is 0 Å². The Morgan fingerprint density at radius 2 is 1.88 bits per heavy atom. The van der Waals surface area contributed by atoms with Crippen LogP contribution in [0.15, 0.2) is 6.07 Å². The van der Waals surface area contributed by atoms with E-state index in [4.69, 9.17) is 5.73 Å². The van der Waals surface area contributed by atoms with Crippen molar-refractivity contribution in [3.8, 4) is 5.75 Å². The smallest absolute Gasteiger partial charge is 0.121 e. The predicted molar refractivity (Wildman–Crippen MR) is 69.2 cm³/mol. The second kappa shape index (κ2) is 3.74. The zero-order valence-corrected chi connectivity index (χ0v) is 10.6. The first kappa shape index (κ1) is 11.1. The Morgan fingerprint density at radius 1 is 1.18 bits per heavy atom. The van der Waals surface area contributed by atoms with Crippen molar-refractivity contribution in [2.45, 2.75) is 57.4 Å². The van der Waals surface area contributed by atoms with Crippen molar-refractivity contribution in [1.82, 2.24) is 0 Å². The van der Waals surface area contributed by atoms with Gasteiger partial charge in [0.25, 0.3) is 0 Å². The highest BCUT2D eigenvalue weighted by Crippen LogP contribution is 2.46. The summed E-state index contributed by atoms with van der Waals surface area (Å²) < 4.78 is 0. The second-order valence-corrected chi connectivity index (χ2v) is 5.75. The number of rotatable bonds is 1. The van der Waals surface area contributed by atoms with Gasteiger partial charge in [0.05, 0.1) is 0 Å². The maximum Gasteiger partial charge on any atom is 0.121 e. The minimum Gasteiger partial charge on any atom is -0.508 e. The number of nitrogens with two attached hydrogens (primary N) is 1. The summed E-state index contributed by atoms with van der Waals surface area (Å²) in [5.41, 5.74) is 11.3. The summed E-state index contributed by atoms with van der Waals surface area (Å²) in [7, 11) is 0. The van der Waals surface area contributed by atoms with Crippen LogP contribution in [0.2, 0.25) is 0 Å². The quantitative estimate of drug-likeness (QED) is 0.780. The molecule has 3 N–H and O–H groups in total. The molecule has 92 valence electrons. The topological polar surface area (TPSA) is 46.2 Å². The number of aromatic hydroxyl groups is 1. The van der Waals surface area contributed by atoms with Crippen molar-refractivity contribution in [1.29, 1.82) is 0 Å². The molecule has 0 aliphatic heterocycles. The van der Waals surface area contributed by atoms with Gasteiger partial charge in [-0.2, -0.15) is 0 Å². The van der Waals surface area contributed by atoms with Gasteiger partial charge in [-0.05, 0) is 74.6 Å². The molecule has 0 amide bonds. The van der Waals surface area contributed by atoms with Crippen molar-refractivity contribution in [2.24, 2.45) is 5.73 Å². The molecule has 17 heavy (non-hydrogen) atoms. The summed E-state index contributed by atoms with van der Waals surface area (Å²) in [5.74, 6) is 0.436. The molecule has 1 saturated carbocycles. The lowest BCUT2D eigenvalue weighted by Crippen LogP contribution is -2.44. The fraction of sp³-hybridized carbons (Fsp3) is 0.600. The zero-order chi connectivity index (χ0) is 12.0. The molecule has 0 spiro atoms. The maximum absolute atomic E-state index is 10.3. The predicted octanol–water partition coefficient (Wildman–Crippen LogP) is 2.92. The molecule has 2 aliphatic carbocycles. The molecule has 0 atom stereocenters. The fourth-order valence-corrected chi connectivity index (χ4v) is 3.53. The summed E-state index contributed by atoms with van der Waals surface area (Å²) in [4.78, 5) is 0. The molecule has 2 aliphatic rings. The van der Waals surface area contributed by atoms with E-state index >= 15 is 0 Å². The third-order valence-electron chi connectivity index (χ3n) is 4.65. The Morgan fingerprint density at radius 3 is 2.53 bits per heavy atom. The average Bonchev–Trinajstić information content (AvgIpc) is 2.26. The van der Waals surface area contributed by atoms with Crippen LogP contribution in [-0.4, -0.2) is 5.11 Å². The van der Waals surface area contributed by atoms with Crippen LogP contribution in [0.4, 0.5) is 0 Å². The molecule has 0 saturated heterocycles. The monoisotopic (exact) mass is 231 g/mol. The second-order valence-electron chi connectivity index (χ2n) is 5.75. The van der Waals surface area contributed by atoms with E-state index in [-0.39, 0.29) is 5.54 Å². The lowest BCUT2D eigenvalue weighted by atomic mass is 9.69. The Kier molecular flexibility index (Phi) is 2.44. The van der Waals surface area contributed by atoms with Gasteiger partial charge < -0.3 is 10.8 Å². The van der Waals surface area contributed by atoms with Gasteiger partial charge in [0, 0.05) is 11.1 Å². The number of phenolic OH excluding ortho intramolecular Hbond substituents is 1. The summed E-state index contributed by atoms with van der Waals surface area (Å²) in [6.45, 7) is 2.14. The van der Waals surface area contributed by atoms with Crippen LogP contribution in [0.25, 0.3) is 0 Å². The van der Waals surface area contributed by atoms with E-state index in [9.17, 15) is 5.11 Å². The largest absolute Gasteiger partial charge is 0.508 e. The highest BCUT2D eigenvalue weighted by atomic mass is 16.3. The molecule has 0 aromatic heterocycles. The van der Waals surface area contributed by atoms with E-state index < -0.39 is 0 Å². The van der Waals surface area contributed by atoms with Crippen LogP contribution in [0.3, 0.4) is 0 Å². The standard InChI is InChI=1S/C15H21NO/c1-10-12-6-3-2-5-11(12)9-13(17)14(10)15(16)7-4-8-15/h9,17H,2-8,16H2,1H3. The van der Waals surface area contributed by atoms with E-state index in [0.29, 0.717) is 5.75 Å². The van der Waals surface area contributed by atoms with Gasteiger partial charge in [0.1, 0.15) is 5.75 Å². The Balaban J connectivity index is 2.15. The van der Waals surface area contributed by atoms with Crippen LogP contribution in [0.5, 0.6) is 5.75 Å². The van der Waals surface area contributed by atoms with E-state index in [0.717, 1.165) is 31.2 Å². The Hall–Kier alpha value is -1.02. The molecular formula is C15H21NO. The van der Waals surface area contributed by atoms with Gasteiger partial charge in [-0.15, -0.1) is 0 Å². The number of aryl methyl sites for hydroxylation is 1. The Labute approximate surface area is 103 Å². The summed E-state index contributed by atoms with van der Waals surface area (Å²) in [5, 5.41) is 10.3. The lowest BCUT2D eigenvalue weighted by molar-refractivity contribution is 0.244. The van der Waals surface area contributed by atoms with Crippen LogP contribution < -0.4 is 5.73 Å². The van der Waals surface area contributed by atoms with E-state index in [1.807, 2.05) is 6.07 Å². The maximum atomic E-state index is 10.3. The van der Waals surface area contributed by atoms with Crippen molar-refractivity contribution < 1.29 is 5.11 Å². The SMILES string of the molecule is Cc1c2c(cc(O)c1C1(N)CCC1)CCCC2. The average molecular weight is 231 g/mol. The first-order valence-corrected chi connectivity index (χ1v) is 6.75. The highest BCUT2D eigenvalue weighted by molar-refractivity contribution is 5.53. The number of hydrogen-bond acceptors (Lipinski definition) is 2. The minimum atomic E-state index is -0.249. The molecule has 3 rings (SSSR count). The van der Waals surface area contributed by atoms with Gasteiger partial charge >= 0.3 is 0 Å². The minimum absolute atomic E-state index is 0.249. The van der Waals surface area contributed by atoms with Gasteiger partial charge in [-0.25, -0.2) is 0 Å². The molecule has 1 aromatic rings. The molecule has 0 unspecified atom stereocenters.